The van der Waals surface area contributed by atoms with E-state index >= 15 is 0 Å². The number of nitrogens with one attached hydrogen (secondary N) is 3. The lowest BCUT2D eigenvalue weighted by molar-refractivity contribution is 0.102. The van der Waals surface area contributed by atoms with Gasteiger partial charge in [0.05, 0.1) is 11.3 Å². The number of hydrogen-bond donors (Lipinski definition) is 3. The fourth-order valence-corrected chi connectivity index (χ4v) is 2.86. The van der Waals surface area contributed by atoms with Crippen molar-refractivity contribution in [2.45, 2.75) is 6.92 Å². The van der Waals surface area contributed by atoms with Crippen LogP contribution in [0.1, 0.15) is 31.8 Å². The lowest BCUT2D eigenvalue weighted by Gasteiger charge is -2.14. The van der Waals surface area contributed by atoms with E-state index < -0.39 is 0 Å². The van der Waals surface area contributed by atoms with Gasteiger partial charge in [-0.3, -0.25) is 15.0 Å². The Balaban J connectivity index is 1.75. The van der Waals surface area contributed by atoms with E-state index in [9.17, 15) is 9.59 Å². The van der Waals surface area contributed by atoms with Gasteiger partial charge < -0.3 is 15.5 Å². The minimum absolute atomic E-state index is 0.301. The summed E-state index contributed by atoms with van der Waals surface area (Å²) in [5, 5.41) is 13.7. The van der Waals surface area contributed by atoms with E-state index in [-0.39, 0.29) is 11.8 Å². The highest BCUT2D eigenvalue weighted by atomic mass is 16.2. The average molecular weight is 400 g/mol. The van der Waals surface area contributed by atoms with E-state index in [1.165, 1.54) is 0 Å². The van der Waals surface area contributed by atoms with Gasteiger partial charge in [-0.2, -0.15) is 0 Å². The van der Waals surface area contributed by atoms with Crippen LogP contribution in [0.5, 0.6) is 0 Å². The Morgan fingerprint density at radius 2 is 1.37 bits per heavy atom. The Bertz CT molecular complexity index is 1070. The third-order valence-electron chi connectivity index (χ3n) is 4.60. The van der Waals surface area contributed by atoms with Crippen molar-refractivity contribution in [2.75, 3.05) is 24.7 Å². The normalized spacial score (nSPS) is 10.2. The number of amidine groups is 1. The molecule has 0 saturated carbocycles. The predicted molar refractivity (Wildman–Crippen MR) is 120 cm³/mol. The zero-order valence-electron chi connectivity index (χ0n) is 17.2. The third kappa shape index (κ3) is 4.91. The number of hydrogen-bond acceptors (Lipinski definition) is 3. The van der Waals surface area contributed by atoms with E-state index in [0.717, 1.165) is 11.1 Å². The van der Waals surface area contributed by atoms with Crippen molar-refractivity contribution in [1.82, 2.24) is 4.90 Å². The lowest BCUT2D eigenvalue weighted by atomic mass is 10.1. The second-order valence-corrected chi connectivity index (χ2v) is 7.14. The van der Waals surface area contributed by atoms with Gasteiger partial charge in [0.1, 0.15) is 5.84 Å². The van der Waals surface area contributed by atoms with Gasteiger partial charge in [0.25, 0.3) is 11.8 Å². The largest absolute Gasteiger partial charge is 0.363 e. The molecule has 0 fully saturated rings. The molecule has 0 radical (unpaired) electrons. The van der Waals surface area contributed by atoms with E-state index in [2.05, 4.69) is 10.6 Å². The molecule has 0 aromatic heterocycles. The topological polar surface area (TPSA) is 85.3 Å². The monoisotopic (exact) mass is 400 g/mol. The van der Waals surface area contributed by atoms with Gasteiger partial charge in [-0.1, -0.05) is 42.0 Å². The molecule has 0 bridgehead atoms. The maximum absolute atomic E-state index is 12.7. The Morgan fingerprint density at radius 1 is 0.767 bits per heavy atom. The second kappa shape index (κ2) is 9.05. The van der Waals surface area contributed by atoms with Crippen LogP contribution in [0, 0.1) is 12.3 Å². The van der Waals surface area contributed by atoms with Gasteiger partial charge >= 0.3 is 0 Å². The number of para-hydroxylation sites is 1. The molecule has 6 heteroatoms. The summed E-state index contributed by atoms with van der Waals surface area (Å²) in [5.41, 5.74) is 3.75. The van der Waals surface area contributed by atoms with Gasteiger partial charge in [0, 0.05) is 30.9 Å². The number of anilines is 2. The molecular formula is C24H24N4O2. The van der Waals surface area contributed by atoms with Crippen LogP contribution in [0.4, 0.5) is 11.4 Å². The number of carbonyl (C=O) groups is 2. The zero-order chi connectivity index (χ0) is 21.7. The van der Waals surface area contributed by atoms with E-state index in [1.54, 1.807) is 67.5 Å². The molecule has 3 aromatic carbocycles. The van der Waals surface area contributed by atoms with Gasteiger partial charge in [0.2, 0.25) is 0 Å². The highest BCUT2D eigenvalue weighted by molar-refractivity contribution is 6.12. The van der Waals surface area contributed by atoms with Crippen molar-refractivity contribution in [3.8, 4) is 0 Å². The van der Waals surface area contributed by atoms with Crippen LogP contribution in [0.3, 0.4) is 0 Å². The summed E-state index contributed by atoms with van der Waals surface area (Å²) >= 11 is 0. The minimum Gasteiger partial charge on any atom is -0.363 e. The molecule has 0 unspecified atom stereocenters. The fraction of sp³-hybridized carbons (Fsp3) is 0.125. The van der Waals surface area contributed by atoms with Gasteiger partial charge in [-0.15, -0.1) is 0 Å². The molecule has 0 heterocycles. The molecule has 0 atom stereocenters. The Kier molecular flexibility index (Phi) is 6.27. The Hall–Kier alpha value is -3.93. The molecule has 0 aliphatic rings. The number of rotatable bonds is 5. The predicted octanol–water partition coefficient (Wildman–Crippen LogP) is 4.39. The number of carbonyl (C=O) groups excluding carboxylic acids is 2. The molecule has 2 amide bonds. The van der Waals surface area contributed by atoms with Crippen LogP contribution in [0.15, 0.2) is 72.8 Å². The van der Waals surface area contributed by atoms with Crippen molar-refractivity contribution in [3.63, 3.8) is 0 Å². The lowest BCUT2D eigenvalue weighted by Crippen LogP contribution is -2.22. The summed E-state index contributed by atoms with van der Waals surface area (Å²) in [4.78, 5) is 27.1. The fourth-order valence-electron chi connectivity index (χ4n) is 2.86. The first-order valence-corrected chi connectivity index (χ1v) is 9.50. The molecule has 6 nitrogen and oxygen atoms in total. The molecule has 0 saturated heterocycles. The molecule has 0 aliphatic carbocycles. The number of nitrogens with zero attached hydrogens (tertiary/aromatic N) is 1. The number of amides is 2. The molecule has 0 spiro atoms. The van der Waals surface area contributed by atoms with Gasteiger partial charge in [-0.25, -0.2) is 0 Å². The minimum atomic E-state index is -0.325. The molecule has 3 N–H and O–H groups in total. The van der Waals surface area contributed by atoms with Crippen molar-refractivity contribution < 1.29 is 9.59 Å². The maximum atomic E-state index is 12.7. The molecule has 0 aliphatic heterocycles. The van der Waals surface area contributed by atoms with Crippen LogP contribution in [0.2, 0.25) is 0 Å². The quantitative estimate of drug-likeness (QED) is 0.439. The standard InChI is InChI=1S/C24H24N4O2/c1-16-8-14-19(15-9-16)26-24(30)20-6-4-5-7-21(20)27-23(29)18-12-10-17(11-13-18)22(25)28(2)3/h4-15,25H,1-3H3,(H,26,30)(H,27,29). The zero-order valence-corrected chi connectivity index (χ0v) is 17.2. The van der Waals surface area contributed by atoms with Crippen LogP contribution >= 0.6 is 0 Å². The average Bonchev–Trinajstić information content (AvgIpc) is 2.75. The summed E-state index contributed by atoms with van der Waals surface area (Å²) in [5.74, 6) is -0.266. The smallest absolute Gasteiger partial charge is 0.257 e. The summed E-state index contributed by atoms with van der Waals surface area (Å²) in [7, 11) is 3.59. The molecule has 152 valence electrons. The van der Waals surface area contributed by atoms with Gasteiger partial charge in [-0.05, 0) is 43.3 Å². The Morgan fingerprint density at radius 3 is 2.00 bits per heavy atom. The SMILES string of the molecule is Cc1ccc(NC(=O)c2ccccc2NC(=O)c2ccc(C(=N)N(C)C)cc2)cc1. The molecule has 3 rings (SSSR count). The van der Waals surface area contributed by atoms with E-state index in [4.69, 9.17) is 5.41 Å². The van der Waals surface area contributed by atoms with Crippen molar-refractivity contribution in [2.24, 2.45) is 0 Å². The molecular weight excluding hydrogens is 376 g/mol. The summed E-state index contributed by atoms with van der Waals surface area (Å²) in [6.07, 6.45) is 0. The maximum Gasteiger partial charge on any atom is 0.257 e. The number of aryl methyl sites for hydroxylation is 1. The summed E-state index contributed by atoms with van der Waals surface area (Å²) in [6.45, 7) is 1.98. The van der Waals surface area contributed by atoms with Crippen LogP contribution < -0.4 is 10.6 Å². The first kappa shape index (κ1) is 20.8. The van der Waals surface area contributed by atoms with Crippen molar-refractivity contribution in [3.05, 3.63) is 95.1 Å². The highest BCUT2D eigenvalue weighted by Gasteiger charge is 2.15. The second-order valence-electron chi connectivity index (χ2n) is 7.14. The van der Waals surface area contributed by atoms with Crippen LogP contribution in [-0.4, -0.2) is 36.6 Å². The van der Waals surface area contributed by atoms with Gasteiger partial charge in [0.15, 0.2) is 0 Å². The van der Waals surface area contributed by atoms with E-state index in [0.29, 0.717) is 28.3 Å². The van der Waals surface area contributed by atoms with Crippen molar-refractivity contribution in [1.29, 1.82) is 5.41 Å². The molecule has 3 aromatic rings. The summed E-state index contributed by atoms with van der Waals surface area (Å²) < 4.78 is 0. The summed E-state index contributed by atoms with van der Waals surface area (Å²) in [6, 6.07) is 21.2. The number of benzene rings is 3. The van der Waals surface area contributed by atoms with Crippen LogP contribution in [0.25, 0.3) is 0 Å². The third-order valence-corrected chi connectivity index (χ3v) is 4.60. The van der Waals surface area contributed by atoms with Crippen LogP contribution in [-0.2, 0) is 0 Å². The molecule has 30 heavy (non-hydrogen) atoms. The van der Waals surface area contributed by atoms with E-state index in [1.807, 2.05) is 31.2 Å². The first-order valence-electron chi connectivity index (χ1n) is 9.50. The first-order chi connectivity index (χ1) is 14.3. The highest BCUT2D eigenvalue weighted by Crippen LogP contribution is 2.19. The van der Waals surface area contributed by atoms with Crippen molar-refractivity contribution >= 4 is 29.0 Å². The Labute approximate surface area is 176 Å².